The number of amides is 2. The van der Waals surface area contributed by atoms with E-state index in [9.17, 15) is 9.59 Å². The minimum Gasteiger partial charge on any atom is -0.356 e. The molecule has 4 aliphatic rings. The molecule has 0 aromatic rings. The highest BCUT2D eigenvalue weighted by Crippen LogP contribution is 2.52. The molecule has 0 radical (unpaired) electrons. The molecule has 3 fully saturated rings. The van der Waals surface area contributed by atoms with Crippen molar-refractivity contribution in [3.05, 3.63) is 12.2 Å². The fourth-order valence-corrected chi connectivity index (χ4v) is 6.42. The lowest BCUT2D eigenvalue weighted by Gasteiger charge is -2.45. The van der Waals surface area contributed by atoms with Crippen LogP contribution in [-0.2, 0) is 9.59 Å². The van der Waals surface area contributed by atoms with E-state index in [1.165, 1.54) is 11.3 Å². The van der Waals surface area contributed by atoms with E-state index in [4.69, 9.17) is 0 Å². The second kappa shape index (κ2) is 9.16. The van der Waals surface area contributed by atoms with Crippen molar-refractivity contribution in [3.8, 4) is 0 Å². The zero-order chi connectivity index (χ0) is 23.0. The highest BCUT2D eigenvalue weighted by Gasteiger charge is 2.58. The molecule has 4 rings (SSSR count). The highest BCUT2D eigenvalue weighted by molar-refractivity contribution is 6.06. The van der Waals surface area contributed by atoms with Crippen molar-refractivity contribution >= 4 is 17.8 Å². The van der Waals surface area contributed by atoms with E-state index < -0.39 is 0 Å². The summed E-state index contributed by atoms with van der Waals surface area (Å²) in [6.07, 6.45) is 7.31. The van der Waals surface area contributed by atoms with Crippen LogP contribution >= 0.6 is 0 Å². The quantitative estimate of drug-likeness (QED) is 0.207. The predicted molar refractivity (Wildman–Crippen MR) is 127 cm³/mol. The molecule has 1 saturated carbocycles. The van der Waals surface area contributed by atoms with Gasteiger partial charge in [0.15, 0.2) is 5.96 Å². The summed E-state index contributed by atoms with van der Waals surface area (Å²) in [5, 5.41) is 6.83. The SMILES string of the molecule is CN=C(NCCCN1C(=O)C2C3C=CC(C3)C2C1=O)NCC(C)(C)N1CC(C)CC(C)C1. The number of nitrogens with one attached hydrogen (secondary N) is 2. The summed E-state index contributed by atoms with van der Waals surface area (Å²) in [5.41, 5.74) is 0.0418. The van der Waals surface area contributed by atoms with Crippen molar-refractivity contribution in [3.63, 3.8) is 0 Å². The monoisotopic (exact) mass is 443 g/mol. The molecule has 0 spiro atoms. The maximum Gasteiger partial charge on any atom is 0.233 e. The van der Waals surface area contributed by atoms with Gasteiger partial charge in [0.05, 0.1) is 11.8 Å². The normalized spacial score (nSPS) is 35.0. The molecule has 0 aromatic carbocycles. The van der Waals surface area contributed by atoms with Gasteiger partial charge in [-0.15, -0.1) is 0 Å². The number of hydrogen-bond donors (Lipinski definition) is 2. The van der Waals surface area contributed by atoms with E-state index >= 15 is 0 Å². The third-order valence-corrected chi connectivity index (χ3v) is 8.05. The van der Waals surface area contributed by atoms with E-state index in [-0.39, 0.29) is 41.0 Å². The standard InChI is InChI=1S/C25H41N5O2/c1-16-11-17(2)14-29(13-16)25(3,4)15-28-24(26-5)27-9-6-10-30-22(31)20-18-7-8-19(12-18)21(20)23(30)32/h7-8,16-21H,6,9-15H2,1-5H3,(H2,26,27,28). The molecule has 0 aromatic heterocycles. The maximum absolute atomic E-state index is 12.8. The van der Waals surface area contributed by atoms with Gasteiger partial charge >= 0.3 is 0 Å². The molecule has 32 heavy (non-hydrogen) atoms. The van der Waals surface area contributed by atoms with Crippen molar-refractivity contribution in [2.24, 2.45) is 40.5 Å². The van der Waals surface area contributed by atoms with Gasteiger partial charge < -0.3 is 10.6 Å². The molecule has 2 amide bonds. The fourth-order valence-electron chi connectivity index (χ4n) is 6.42. The van der Waals surface area contributed by atoms with Gasteiger partial charge in [-0.2, -0.15) is 0 Å². The van der Waals surface area contributed by atoms with Crippen LogP contribution in [0.1, 0.15) is 47.0 Å². The number of carbonyl (C=O) groups excluding carboxylic acids is 2. The minimum atomic E-state index is -0.0950. The zero-order valence-electron chi connectivity index (χ0n) is 20.4. The summed E-state index contributed by atoms with van der Waals surface area (Å²) in [4.78, 5) is 34.0. The number of piperidine rings is 1. The maximum atomic E-state index is 12.8. The average Bonchev–Trinajstić information content (AvgIpc) is 3.42. The van der Waals surface area contributed by atoms with Crippen LogP contribution in [0.3, 0.4) is 0 Å². The number of rotatable bonds is 7. The number of carbonyl (C=O) groups is 2. The second-order valence-corrected chi connectivity index (χ2v) is 11.2. The number of guanidine groups is 1. The Balaban J connectivity index is 1.20. The third kappa shape index (κ3) is 4.45. The van der Waals surface area contributed by atoms with Gasteiger partial charge in [0.2, 0.25) is 11.8 Å². The van der Waals surface area contributed by atoms with Gasteiger partial charge in [0.25, 0.3) is 0 Å². The molecule has 6 atom stereocenters. The van der Waals surface area contributed by atoms with Gasteiger partial charge in [-0.25, -0.2) is 0 Å². The largest absolute Gasteiger partial charge is 0.356 e. The Labute approximate surface area is 193 Å². The van der Waals surface area contributed by atoms with Crippen LogP contribution < -0.4 is 10.6 Å². The van der Waals surface area contributed by atoms with Crippen LogP contribution in [-0.4, -0.2) is 72.9 Å². The number of aliphatic imine (C=N–C) groups is 1. The van der Waals surface area contributed by atoms with Crippen molar-refractivity contribution in [1.82, 2.24) is 20.4 Å². The predicted octanol–water partition coefficient (Wildman–Crippen LogP) is 2.11. The first kappa shape index (κ1) is 23.3. The molecule has 7 heteroatoms. The Morgan fingerprint density at radius 3 is 2.19 bits per heavy atom. The number of fused-ring (bicyclic) bond motifs is 5. The van der Waals surface area contributed by atoms with Crippen LogP contribution in [0, 0.1) is 35.5 Å². The van der Waals surface area contributed by atoms with E-state index in [0.717, 1.165) is 50.3 Å². The topological polar surface area (TPSA) is 77.0 Å². The smallest absolute Gasteiger partial charge is 0.233 e. The van der Waals surface area contributed by atoms with E-state index in [1.54, 1.807) is 7.05 Å². The van der Waals surface area contributed by atoms with E-state index in [1.807, 2.05) is 0 Å². The van der Waals surface area contributed by atoms with Crippen LogP contribution in [0.15, 0.2) is 17.1 Å². The summed E-state index contributed by atoms with van der Waals surface area (Å²) in [6.45, 7) is 13.5. The van der Waals surface area contributed by atoms with Gasteiger partial charge in [0.1, 0.15) is 0 Å². The Kier molecular flexibility index (Phi) is 6.66. The number of imide groups is 1. The molecule has 2 aliphatic carbocycles. The van der Waals surface area contributed by atoms with Crippen LogP contribution in [0.4, 0.5) is 0 Å². The first-order chi connectivity index (χ1) is 15.2. The lowest BCUT2D eigenvalue weighted by Crippen LogP contribution is -2.57. The Bertz CT molecular complexity index is 751. The number of likely N-dealkylation sites (tertiary alicyclic amines) is 2. The Morgan fingerprint density at radius 2 is 1.62 bits per heavy atom. The van der Waals surface area contributed by atoms with Crippen molar-refractivity contribution in [2.75, 3.05) is 39.8 Å². The Hall–Kier alpha value is -1.89. The Morgan fingerprint density at radius 1 is 1.03 bits per heavy atom. The first-order valence-corrected chi connectivity index (χ1v) is 12.4. The lowest BCUT2D eigenvalue weighted by atomic mass is 9.85. The van der Waals surface area contributed by atoms with Gasteiger partial charge in [0, 0.05) is 45.3 Å². The number of allylic oxidation sites excluding steroid dienone is 2. The number of hydrogen-bond acceptors (Lipinski definition) is 4. The van der Waals surface area contributed by atoms with E-state index in [2.05, 4.69) is 60.4 Å². The second-order valence-electron chi connectivity index (χ2n) is 11.2. The van der Waals surface area contributed by atoms with Gasteiger partial charge in [-0.1, -0.05) is 26.0 Å². The van der Waals surface area contributed by atoms with Gasteiger partial charge in [-0.3, -0.25) is 24.4 Å². The van der Waals surface area contributed by atoms with Crippen LogP contribution in [0.5, 0.6) is 0 Å². The lowest BCUT2D eigenvalue weighted by molar-refractivity contribution is -0.140. The summed E-state index contributed by atoms with van der Waals surface area (Å²) in [5.74, 6) is 2.70. The summed E-state index contributed by atoms with van der Waals surface area (Å²) >= 11 is 0. The molecule has 178 valence electrons. The zero-order valence-corrected chi connectivity index (χ0v) is 20.4. The summed E-state index contributed by atoms with van der Waals surface area (Å²) < 4.78 is 0. The number of nitrogens with zero attached hydrogens (tertiary/aromatic N) is 3. The first-order valence-electron chi connectivity index (χ1n) is 12.4. The van der Waals surface area contributed by atoms with Crippen molar-refractivity contribution < 1.29 is 9.59 Å². The van der Waals surface area contributed by atoms with Crippen molar-refractivity contribution in [1.29, 1.82) is 0 Å². The molecule has 2 N–H and O–H groups in total. The van der Waals surface area contributed by atoms with Gasteiger partial charge in [-0.05, 0) is 56.8 Å². The third-order valence-electron chi connectivity index (χ3n) is 8.05. The molecule has 2 saturated heterocycles. The molecule has 7 nitrogen and oxygen atoms in total. The minimum absolute atomic E-state index is 0.0418. The molecule has 2 bridgehead atoms. The molecular formula is C25H41N5O2. The van der Waals surface area contributed by atoms with Crippen LogP contribution in [0.2, 0.25) is 0 Å². The molecule has 2 heterocycles. The highest BCUT2D eigenvalue weighted by atomic mass is 16.2. The summed E-state index contributed by atoms with van der Waals surface area (Å²) in [6, 6.07) is 0. The molecule has 6 unspecified atom stereocenters. The molecule has 2 aliphatic heterocycles. The average molecular weight is 444 g/mol. The molecular weight excluding hydrogens is 402 g/mol. The van der Waals surface area contributed by atoms with Crippen molar-refractivity contribution in [2.45, 2.75) is 52.5 Å². The summed E-state index contributed by atoms with van der Waals surface area (Å²) in [7, 11) is 1.78. The van der Waals surface area contributed by atoms with E-state index in [0.29, 0.717) is 13.1 Å². The fraction of sp³-hybridized carbons (Fsp3) is 0.800. The van der Waals surface area contributed by atoms with Crippen LogP contribution in [0.25, 0.3) is 0 Å².